The summed E-state index contributed by atoms with van der Waals surface area (Å²) in [5.41, 5.74) is 10.3. The Kier molecular flexibility index (Phi) is 2.59. The number of hydrogen-bond donors (Lipinski definition) is 2. The summed E-state index contributed by atoms with van der Waals surface area (Å²) in [5, 5.41) is 0. The molecule has 1 heterocycles. The van der Waals surface area contributed by atoms with Crippen LogP contribution in [0.5, 0.6) is 0 Å². The highest BCUT2D eigenvalue weighted by molar-refractivity contribution is 6.03. The van der Waals surface area contributed by atoms with E-state index in [9.17, 15) is 9.59 Å². The number of nitrogens with two attached hydrogens (primary N) is 2. The number of carbonyl (C=O) groups excluding carboxylic acids is 2. The Morgan fingerprint density at radius 3 is 2.23 bits per heavy atom. The zero-order chi connectivity index (χ0) is 9.84. The molecule has 0 unspecified atom stereocenters. The van der Waals surface area contributed by atoms with E-state index >= 15 is 0 Å². The molecule has 0 bridgehead atoms. The van der Waals surface area contributed by atoms with E-state index in [1.54, 1.807) is 12.1 Å². The van der Waals surface area contributed by atoms with E-state index in [1.165, 1.54) is 12.3 Å². The number of hydrogen-bond acceptors (Lipinski definition) is 3. The van der Waals surface area contributed by atoms with Crippen LogP contribution in [-0.4, -0.2) is 16.8 Å². The van der Waals surface area contributed by atoms with E-state index in [0.29, 0.717) is 0 Å². The molecule has 0 aliphatic rings. The van der Waals surface area contributed by atoms with Crippen LogP contribution in [0.1, 0.15) is 11.6 Å². The van der Waals surface area contributed by atoms with Crippen molar-refractivity contribution in [1.82, 2.24) is 4.98 Å². The first kappa shape index (κ1) is 9.18. The second-order valence-electron chi connectivity index (χ2n) is 2.49. The van der Waals surface area contributed by atoms with Crippen LogP contribution in [-0.2, 0) is 9.59 Å². The zero-order valence-electron chi connectivity index (χ0n) is 6.81. The molecule has 0 spiro atoms. The lowest BCUT2D eigenvalue weighted by Gasteiger charge is -2.07. The maximum absolute atomic E-state index is 10.8. The van der Waals surface area contributed by atoms with E-state index in [1.807, 2.05) is 0 Å². The molecule has 0 aromatic carbocycles. The van der Waals surface area contributed by atoms with E-state index in [2.05, 4.69) is 4.98 Å². The molecule has 0 fully saturated rings. The van der Waals surface area contributed by atoms with E-state index in [0.717, 1.165) is 0 Å². The van der Waals surface area contributed by atoms with Crippen molar-refractivity contribution in [3.8, 4) is 0 Å². The molecule has 0 saturated carbocycles. The Morgan fingerprint density at radius 2 is 1.85 bits per heavy atom. The molecular formula is C8H9N3O2. The fourth-order valence-corrected chi connectivity index (χ4v) is 0.978. The minimum Gasteiger partial charge on any atom is -0.369 e. The molecule has 0 atom stereocenters. The van der Waals surface area contributed by atoms with Gasteiger partial charge in [-0.05, 0) is 12.1 Å². The van der Waals surface area contributed by atoms with Crippen LogP contribution in [0.2, 0.25) is 0 Å². The average Bonchev–Trinajstić information content (AvgIpc) is 2.04. The topological polar surface area (TPSA) is 99.1 Å². The number of nitrogens with zero attached hydrogens (tertiary/aromatic N) is 1. The molecule has 0 aliphatic carbocycles. The molecule has 2 amide bonds. The Labute approximate surface area is 74.7 Å². The van der Waals surface area contributed by atoms with Crippen molar-refractivity contribution in [2.24, 2.45) is 11.5 Å². The van der Waals surface area contributed by atoms with Crippen molar-refractivity contribution in [2.75, 3.05) is 0 Å². The van der Waals surface area contributed by atoms with Gasteiger partial charge in [-0.3, -0.25) is 14.6 Å². The van der Waals surface area contributed by atoms with E-state index in [-0.39, 0.29) is 5.69 Å². The summed E-state index contributed by atoms with van der Waals surface area (Å²) in [5.74, 6) is -2.71. The van der Waals surface area contributed by atoms with Crippen molar-refractivity contribution in [2.45, 2.75) is 5.92 Å². The third kappa shape index (κ3) is 2.02. The Bertz CT molecular complexity index is 309. The average molecular weight is 179 g/mol. The number of aromatic nitrogens is 1. The van der Waals surface area contributed by atoms with Gasteiger partial charge in [0.05, 0.1) is 5.69 Å². The maximum Gasteiger partial charge on any atom is 0.236 e. The summed E-state index contributed by atoms with van der Waals surface area (Å²) in [6, 6.07) is 4.85. The van der Waals surface area contributed by atoms with Crippen molar-refractivity contribution in [1.29, 1.82) is 0 Å². The third-order valence-corrected chi connectivity index (χ3v) is 1.55. The number of carbonyl (C=O) groups is 2. The highest BCUT2D eigenvalue weighted by Crippen LogP contribution is 2.10. The first-order chi connectivity index (χ1) is 6.13. The van der Waals surface area contributed by atoms with Crippen LogP contribution in [0.4, 0.5) is 0 Å². The lowest BCUT2D eigenvalue weighted by Crippen LogP contribution is -2.33. The number of pyridine rings is 1. The molecule has 5 nitrogen and oxygen atoms in total. The van der Waals surface area contributed by atoms with E-state index < -0.39 is 17.7 Å². The van der Waals surface area contributed by atoms with Crippen molar-refractivity contribution >= 4 is 11.8 Å². The lowest BCUT2D eigenvalue weighted by molar-refractivity contribution is -0.128. The van der Waals surface area contributed by atoms with Crippen LogP contribution in [0.15, 0.2) is 24.4 Å². The lowest BCUT2D eigenvalue weighted by atomic mass is 10.0. The smallest absolute Gasteiger partial charge is 0.236 e. The van der Waals surface area contributed by atoms with Gasteiger partial charge in [-0.2, -0.15) is 0 Å². The molecule has 0 saturated heterocycles. The normalized spacial score (nSPS) is 9.92. The molecular weight excluding hydrogens is 170 g/mol. The molecule has 0 radical (unpaired) electrons. The van der Waals surface area contributed by atoms with Gasteiger partial charge >= 0.3 is 0 Å². The summed E-state index contributed by atoms with van der Waals surface area (Å²) < 4.78 is 0. The predicted molar refractivity (Wildman–Crippen MR) is 45.4 cm³/mol. The quantitative estimate of drug-likeness (QED) is 0.590. The molecule has 5 heteroatoms. The second-order valence-corrected chi connectivity index (χ2v) is 2.49. The number of rotatable bonds is 3. The minimum atomic E-state index is -1.14. The van der Waals surface area contributed by atoms with Crippen molar-refractivity contribution in [3.05, 3.63) is 30.1 Å². The summed E-state index contributed by atoms with van der Waals surface area (Å²) in [4.78, 5) is 25.5. The van der Waals surface area contributed by atoms with Gasteiger partial charge in [-0.25, -0.2) is 0 Å². The fourth-order valence-electron chi connectivity index (χ4n) is 0.978. The zero-order valence-corrected chi connectivity index (χ0v) is 6.81. The van der Waals surface area contributed by atoms with Gasteiger partial charge in [0.25, 0.3) is 0 Å². The molecule has 13 heavy (non-hydrogen) atoms. The van der Waals surface area contributed by atoms with Crippen molar-refractivity contribution < 1.29 is 9.59 Å². The second kappa shape index (κ2) is 3.66. The Morgan fingerprint density at radius 1 is 1.23 bits per heavy atom. The highest BCUT2D eigenvalue weighted by atomic mass is 16.2. The van der Waals surface area contributed by atoms with Gasteiger partial charge in [0.15, 0.2) is 5.92 Å². The standard InChI is InChI=1S/C8H9N3O2/c9-7(12)6(8(10)13)5-3-1-2-4-11-5/h1-4,6H,(H2,9,12)(H2,10,13). The van der Waals surface area contributed by atoms with Gasteiger partial charge in [-0.1, -0.05) is 6.07 Å². The van der Waals surface area contributed by atoms with Crippen LogP contribution in [0.25, 0.3) is 0 Å². The predicted octanol–water partition coefficient (Wildman–Crippen LogP) is -0.864. The van der Waals surface area contributed by atoms with Crippen LogP contribution < -0.4 is 11.5 Å². The van der Waals surface area contributed by atoms with Crippen molar-refractivity contribution in [3.63, 3.8) is 0 Å². The largest absolute Gasteiger partial charge is 0.369 e. The summed E-state index contributed by atoms with van der Waals surface area (Å²) in [6.07, 6.45) is 1.47. The third-order valence-electron chi connectivity index (χ3n) is 1.55. The Balaban J connectivity index is 3.03. The van der Waals surface area contributed by atoms with Crippen LogP contribution >= 0.6 is 0 Å². The fraction of sp³-hybridized carbons (Fsp3) is 0.125. The summed E-state index contributed by atoms with van der Waals surface area (Å²) in [7, 11) is 0. The van der Waals surface area contributed by atoms with Crippen LogP contribution in [0, 0.1) is 0 Å². The summed E-state index contributed by atoms with van der Waals surface area (Å²) >= 11 is 0. The molecule has 0 aliphatic heterocycles. The SMILES string of the molecule is NC(=O)C(C(N)=O)c1ccccn1. The molecule has 68 valence electrons. The highest BCUT2D eigenvalue weighted by Gasteiger charge is 2.24. The minimum absolute atomic E-state index is 0.280. The maximum atomic E-state index is 10.8. The first-order valence-corrected chi connectivity index (χ1v) is 3.62. The number of amides is 2. The summed E-state index contributed by atoms with van der Waals surface area (Å²) in [6.45, 7) is 0. The van der Waals surface area contributed by atoms with Gasteiger partial charge in [0, 0.05) is 6.20 Å². The molecule has 1 rings (SSSR count). The first-order valence-electron chi connectivity index (χ1n) is 3.62. The van der Waals surface area contributed by atoms with Gasteiger partial charge in [0.1, 0.15) is 0 Å². The van der Waals surface area contributed by atoms with Crippen LogP contribution in [0.3, 0.4) is 0 Å². The van der Waals surface area contributed by atoms with Gasteiger partial charge in [0.2, 0.25) is 11.8 Å². The monoisotopic (exact) mass is 179 g/mol. The molecule has 1 aromatic rings. The van der Waals surface area contributed by atoms with Gasteiger partial charge < -0.3 is 11.5 Å². The van der Waals surface area contributed by atoms with E-state index in [4.69, 9.17) is 11.5 Å². The molecule has 4 N–H and O–H groups in total. The van der Waals surface area contributed by atoms with Gasteiger partial charge in [-0.15, -0.1) is 0 Å². The molecule has 1 aromatic heterocycles. The number of primary amides is 2. The Hall–Kier alpha value is -1.91.